The number of hydrogen-bond donors (Lipinski definition) is 9. The van der Waals surface area contributed by atoms with Crippen LogP contribution in [0.5, 0.6) is 0 Å². The fraction of sp³-hybridized carbons (Fsp3) is 0.951. The number of ether oxygens (including phenoxy) is 4. The maximum atomic E-state index is 13.3. The second kappa shape index (κ2) is 47.5. The molecule has 0 aromatic carbocycles. The van der Waals surface area contributed by atoms with Gasteiger partial charge >= 0.3 is 0 Å². The van der Waals surface area contributed by atoms with Crippen molar-refractivity contribution in [1.29, 1.82) is 0 Å². The first-order valence-corrected chi connectivity index (χ1v) is 31.4. The molecule has 9 N–H and O–H groups in total. The van der Waals surface area contributed by atoms with E-state index in [1.165, 1.54) is 193 Å². The number of carbonyl (C=O) groups excluding carboxylic acids is 1. The molecule has 0 aromatic rings. The molecule has 2 heterocycles. The van der Waals surface area contributed by atoms with E-state index >= 15 is 0 Å². The van der Waals surface area contributed by atoms with E-state index in [0.717, 1.165) is 57.8 Å². The molecule has 1 amide bonds. The highest BCUT2D eigenvalue weighted by Crippen LogP contribution is 2.30. The molecule has 0 radical (unpaired) electrons. The van der Waals surface area contributed by atoms with Gasteiger partial charge in [-0.1, -0.05) is 244 Å². The van der Waals surface area contributed by atoms with Crippen molar-refractivity contribution in [3.63, 3.8) is 0 Å². The van der Waals surface area contributed by atoms with Crippen LogP contribution in [0.15, 0.2) is 12.2 Å². The van der Waals surface area contributed by atoms with Gasteiger partial charge in [0.2, 0.25) is 5.91 Å². The molecule has 0 saturated carbocycles. The van der Waals surface area contributed by atoms with E-state index in [1.807, 2.05) is 0 Å². The first-order valence-electron chi connectivity index (χ1n) is 31.4. The molecule has 14 heteroatoms. The number of aliphatic hydroxyl groups excluding tert-OH is 8. The molecule has 2 saturated heterocycles. The number of aliphatic hydroxyl groups is 8. The molecule has 14 nitrogen and oxygen atoms in total. The van der Waals surface area contributed by atoms with Crippen LogP contribution in [0.4, 0.5) is 0 Å². The van der Waals surface area contributed by atoms with Gasteiger partial charge in [-0.25, -0.2) is 0 Å². The van der Waals surface area contributed by atoms with E-state index in [9.17, 15) is 45.6 Å². The summed E-state index contributed by atoms with van der Waals surface area (Å²) in [6.07, 6.45) is 37.8. The Labute approximate surface area is 456 Å². The molecule has 0 spiro atoms. The van der Waals surface area contributed by atoms with Gasteiger partial charge in [0.05, 0.1) is 32.0 Å². The summed E-state index contributed by atoms with van der Waals surface area (Å²) in [4.78, 5) is 13.3. The standard InChI is InChI=1S/C61H117NO13/c1-3-5-7-9-11-13-15-17-19-21-22-23-24-25-26-27-29-30-32-34-36-38-40-42-44-50(65)49(62-53(66)45-43-41-39-37-35-33-31-28-20-18-16-14-12-10-8-6-4-2)48-72-60-58(71)56(69)59(52(47-64)74-60)75-61-57(70)55(68)54(67)51(46-63)73-61/h18,20,49-52,54-61,63-65,67-71H,3-17,19,21-48H2,1-2H3,(H,62,66)/b20-18-. The van der Waals surface area contributed by atoms with Gasteiger partial charge in [-0.3, -0.25) is 4.79 Å². The van der Waals surface area contributed by atoms with Gasteiger partial charge in [0, 0.05) is 6.42 Å². The van der Waals surface area contributed by atoms with Crippen molar-refractivity contribution in [2.24, 2.45) is 0 Å². The van der Waals surface area contributed by atoms with Gasteiger partial charge in [0.25, 0.3) is 0 Å². The molecule has 2 rings (SSSR count). The minimum absolute atomic E-state index is 0.207. The third-order valence-electron chi connectivity index (χ3n) is 15.7. The molecule has 0 bridgehead atoms. The van der Waals surface area contributed by atoms with Gasteiger partial charge in [-0.2, -0.15) is 0 Å². The van der Waals surface area contributed by atoms with Crippen molar-refractivity contribution in [3.05, 3.63) is 12.2 Å². The lowest BCUT2D eigenvalue weighted by atomic mass is 9.97. The van der Waals surface area contributed by atoms with Crippen LogP contribution in [0.1, 0.15) is 277 Å². The number of nitrogens with one attached hydrogen (secondary N) is 1. The highest BCUT2D eigenvalue weighted by atomic mass is 16.7. The Kier molecular flexibility index (Phi) is 44.3. The van der Waals surface area contributed by atoms with Crippen molar-refractivity contribution in [2.45, 2.75) is 351 Å². The summed E-state index contributed by atoms with van der Waals surface area (Å²) in [6.45, 7) is 2.89. The molecule has 75 heavy (non-hydrogen) atoms. The molecule has 12 unspecified atom stereocenters. The average Bonchev–Trinajstić information content (AvgIpc) is 3.41. The number of rotatable bonds is 51. The quantitative estimate of drug-likeness (QED) is 0.0204. The van der Waals surface area contributed by atoms with E-state index in [1.54, 1.807) is 0 Å². The molecule has 2 aliphatic heterocycles. The highest BCUT2D eigenvalue weighted by molar-refractivity contribution is 5.76. The maximum absolute atomic E-state index is 13.3. The Balaban J connectivity index is 1.72. The van der Waals surface area contributed by atoms with Crippen LogP contribution in [0.2, 0.25) is 0 Å². The Morgan fingerprint density at radius 1 is 0.467 bits per heavy atom. The summed E-state index contributed by atoms with van der Waals surface area (Å²) in [5, 5.41) is 87.3. The lowest BCUT2D eigenvalue weighted by molar-refractivity contribution is -0.359. The Hall–Kier alpha value is -1.27. The molecule has 2 fully saturated rings. The summed E-state index contributed by atoms with van der Waals surface area (Å²) in [6, 6.07) is -0.828. The van der Waals surface area contributed by atoms with Crippen LogP contribution in [0.3, 0.4) is 0 Å². The number of amides is 1. The van der Waals surface area contributed by atoms with Crippen LogP contribution in [-0.4, -0.2) is 140 Å². The van der Waals surface area contributed by atoms with Crippen LogP contribution in [0, 0.1) is 0 Å². The van der Waals surface area contributed by atoms with Crippen molar-refractivity contribution in [3.8, 4) is 0 Å². The Morgan fingerprint density at radius 2 is 0.840 bits per heavy atom. The number of carbonyl (C=O) groups is 1. The smallest absolute Gasteiger partial charge is 0.220 e. The zero-order chi connectivity index (χ0) is 54.6. The first-order chi connectivity index (χ1) is 36.6. The fourth-order valence-corrected chi connectivity index (χ4v) is 10.6. The van der Waals surface area contributed by atoms with Gasteiger partial charge in [-0.05, 0) is 38.5 Å². The second-order valence-electron chi connectivity index (χ2n) is 22.5. The summed E-state index contributed by atoms with van der Waals surface area (Å²) >= 11 is 0. The van der Waals surface area contributed by atoms with Crippen LogP contribution in [0.25, 0.3) is 0 Å². The molecule has 0 aromatic heterocycles. The first kappa shape index (κ1) is 69.8. The summed E-state index contributed by atoms with van der Waals surface area (Å²) in [5.74, 6) is -0.207. The molecule has 2 aliphatic rings. The van der Waals surface area contributed by atoms with Gasteiger partial charge in [0.1, 0.15) is 48.8 Å². The molecular weight excluding hydrogens is 955 g/mol. The highest BCUT2D eigenvalue weighted by Gasteiger charge is 2.51. The predicted octanol–water partition coefficient (Wildman–Crippen LogP) is 11.1. The van der Waals surface area contributed by atoms with Gasteiger partial charge in [0.15, 0.2) is 12.6 Å². The minimum atomic E-state index is -1.78. The normalized spacial score (nSPS) is 25.0. The topological polar surface area (TPSA) is 228 Å². The lowest BCUT2D eigenvalue weighted by Crippen LogP contribution is -2.65. The van der Waals surface area contributed by atoms with Gasteiger partial charge < -0.3 is 65.1 Å². The zero-order valence-electron chi connectivity index (χ0n) is 47.8. The lowest BCUT2D eigenvalue weighted by Gasteiger charge is -2.46. The summed E-state index contributed by atoms with van der Waals surface area (Å²) < 4.78 is 22.9. The van der Waals surface area contributed by atoms with E-state index in [-0.39, 0.29) is 12.5 Å². The van der Waals surface area contributed by atoms with Crippen molar-refractivity contribution in [2.75, 3.05) is 19.8 Å². The van der Waals surface area contributed by atoms with Crippen LogP contribution in [-0.2, 0) is 23.7 Å². The number of hydrogen-bond acceptors (Lipinski definition) is 13. The van der Waals surface area contributed by atoms with Crippen molar-refractivity contribution < 1.29 is 64.6 Å². The number of unbranched alkanes of at least 4 members (excludes halogenated alkanes) is 36. The SMILES string of the molecule is CCCCCCCC/C=C\CCCCCCCCCC(=O)NC(COC1OC(CO)C(OC2OC(CO)C(O)C(O)C2O)C(O)C1O)C(O)CCCCCCCCCCCCCCCCCCCCCCCCCC. The van der Waals surface area contributed by atoms with Crippen LogP contribution >= 0.6 is 0 Å². The number of allylic oxidation sites excluding steroid dienone is 2. The van der Waals surface area contributed by atoms with Gasteiger partial charge in [-0.15, -0.1) is 0 Å². The monoisotopic (exact) mass is 1070 g/mol. The summed E-state index contributed by atoms with van der Waals surface area (Å²) in [5.41, 5.74) is 0. The second-order valence-corrected chi connectivity index (χ2v) is 22.5. The molecule has 444 valence electrons. The fourth-order valence-electron chi connectivity index (χ4n) is 10.6. The predicted molar refractivity (Wildman–Crippen MR) is 300 cm³/mol. The molecule has 12 atom stereocenters. The van der Waals surface area contributed by atoms with Crippen molar-refractivity contribution >= 4 is 5.91 Å². The van der Waals surface area contributed by atoms with Crippen LogP contribution < -0.4 is 5.32 Å². The maximum Gasteiger partial charge on any atom is 0.220 e. The van der Waals surface area contributed by atoms with E-state index in [2.05, 4.69) is 31.3 Å². The third-order valence-corrected chi connectivity index (χ3v) is 15.7. The molecular formula is C61H117NO13. The van der Waals surface area contributed by atoms with E-state index < -0.39 is 86.8 Å². The van der Waals surface area contributed by atoms with Crippen molar-refractivity contribution in [1.82, 2.24) is 5.32 Å². The van der Waals surface area contributed by atoms with E-state index in [4.69, 9.17) is 18.9 Å². The Morgan fingerprint density at radius 3 is 1.27 bits per heavy atom. The molecule has 0 aliphatic carbocycles. The zero-order valence-corrected chi connectivity index (χ0v) is 47.8. The third kappa shape index (κ3) is 33.2. The Bertz CT molecular complexity index is 1310. The minimum Gasteiger partial charge on any atom is -0.394 e. The average molecular weight is 1070 g/mol. The van der Waals surface area contributed by atoms with E-state index in [0.29, 0.717) is 12.8 Å². The largest absolute Gasteiger partial charge is 0.394 e. The summed E-state index contributed by atoms with van der Waals surface area (Å²) in [7, 11) is 0.